The Balaban J connectivity index is 0.000000493. The highest BCUT2D eigenvalue weighted by atomic mass is 16.5. The fourth-order valence-corrected chi connectivity index (χ4v) is 4.66. The topological polar surface area (TPSA) is 95.9 Å². The Morgan fingerprint density at radius 3 is 2.37 bits per heavy atom. The summed E-state index contributed by atoms with van der Waals surface area (Å²) in [5, 5.41) is 10.3. The lowest BCUT2D eigenvalue weighted by Crippen LogP contribution is -2.38. The highest BCUT2D eigenvalue weighted by Gasteiger charge is 2.32. The van der Waals surface area contributed by atoms with Crippen LogP contribution in [0.5, 0.6) is 0 Å². The van der Waals surface area contributed by atoms with Crippen LogP contribution in [0, 0.1) is 5.41 Å². The van der Waals surface area contributed by atoms with E-state index in [1.54, 1.807) is 26.8 Å². The quantitative estimate of drug-likeness (QED) is 0.391. The highest BCUT2D eigenvalue weighted by molar-refractivity contribution is 6.14. The summed E-state index contributed by atoms with van der Waals surface area (Å²) in [6, 6.07) is 13.9. The average molecular weight is 555 g/mol. The summed E-state index contributed by atoms with van der Waals surface area (Å²) in [5.41, 5.74) is 2.92. The van der Waals surface area contributed by atoms with Crippen molar-refractivity contribution < 1.29 is 19.4 Å². The lowest BCUT2D eigenvalue weighted by Gasteiger charge is -2.28. The lowest BCUT2D eigenvalue weighted by molar-refractivity contribution is -0.145. The summed E-state index contributed by atoms with van der Waals surface area (Å²) in [5.74, 6) is 0.541. The first-order valence-corrected chi connectivity index (χ1v) is 13.9. The minimum Gasteiger partial charge on any atom is -0.481 e. The van der Waals surface area contributed by atoms with Gasteiger partial charge in [0.2, 0.25) is 5.95 Å². The number of morpholine rings is 1. The molecule has 2 aliphatic heterocycles. The number of carboxylic acids is 1. The zero-order valence-corrected chi connectivity index (χ0v) is 24.3. The number of hydrogen-bond donors (Lipinski definition) is 1. The number of rotatable bonds is 5. The van der Waals surface area contributed by atoms with Crippen molar-refractivity contribution in [2.24, 2.45) is 5.41 Å². The Morgan fingerprint density at radius 1 is 1.02 bits per heavy atom. The van der Waals surface area contributed by atoms with Crippen molar-refractivity contribution in [2.75, 3.05) is 42.6 Å². The van der Waals surface area contributed by atoms with Crippen LogP contribution in [-0.4, -0.2) is 59.8 Å². The van der Waals surface area contributed by atoms with Crippen LogP contribution in [0.2, 0.25) is 0 Å². The fraction of sp³-hybridized carbons (Fsp3) is 0.333. The van der Waals surface area contributed by atoms with E-state index in [0.29, 0.717) is 43.5 Å². The molecule has 8 heteroatoms. The third-order valence-corrected chi connectivity index (χ3v) is 6.93. The van der Waals surface area contributed by atoms with E-state index in [4.69, 9.17) is 19.8 Å². The number of nitrogens with zero attached hydrogens (tertiary/aromatic N) is 4. The summed E-state index contributed by atoms with van der Waals surface area (Å²) in [6.45, 7) is 14.1. The molecule has 3 heterocycles. The third-order valence-electron chi connectivity index (χ3n) is 6.93. The normalized spacial score (nSPS) is 15.5. The highest BCUT2D eigenvalue weighted by Crippen LogP contribution is 2.35. The summed E-state index contributed by atoms with van der Waals surface area (Å²) < 4.78 is 5.53. The van der Waals surface area contributed by atoms with E-state index in [-0.39, 0.29) is 5.91 Å². The Labute approximate surface area is 241 Å². The standard InChI is InChI=1S/C28H28N4O2.C5H10O2/c1-3-8-21(9-4-2)25-24-14-15-32(26(24)30-28(29-25)31-16-18-34-19-17-31)27(33)23-13-7-11-20-10-5-6-12-22(20)23;1-5(2,3)4(6)7/h3-13H,1,14-19H2,2H3;1-3H3,(H,6,7)/b9-4+,21-8+;. The number of carboxylic acid groups (broad SMARTS) is 1. The van der Waals surface area contributed by atoms with Gasteiger partial charge in [-0.2, -0.15) is 4.98 Å². The van der Waals surface area contributed by atoms with Gasteiger partial charge in [0, 0.05) is 36.3 Å². The Bertz CT molecular complexity index is 1490. The van der Waals surface area contributed by atoms with Crippen LogP contribution in [0.4, 0.5) is 11.8 Å². The molecule has 0 atom stereocenters. The van der Waals surface area contributed by atoms with Crippen molar-refractivity contribution in [1.29, 1.82) is 0 Å². The molecule has 8 nitrogen and oxygen atoms in total. The molecule has 0 unspecified atom stereocenters. The van der Waals surface area contributed by atoms with Crippen LogP contribution >= 0.6 is 0 Å². The molecule has 1 fully saturated rings. The fourth-order valence-electron chi connectivity index (χ4n) is 4.66. The van der Waals surface area contributed by atoms with Crippen molar-refractivity contribution >= 4 is 40.0 Å². The third kappa shape index (κ3) is 6.72. The second-order valence-corrected chi connectivity index (χ2v) is 10.9. The molecule has 2 aliphatic rings. The largest absolute Gasteiger partial charge is 0.481 e. The second kappa shape index (κ2) is 12.9. The maximum absolute atomic E-state index is 13.8. The molecule has 5 rings (SSSR count). The smallest absolute Gasteiger partial charge is 0.308 e. The van der Waals surface area contributed by atoms with Gasteiger partial charge >= 0.3 is 5.97 Å². The number of aromatic nitrogens is 2. The molecule has 2 aromatic carbocycles. The first-order valence-electron chi connectivity index (χ1n) is 13.9. The van der Waals surface area contributed by atoms with Crippen molar-refractivity contribution in [1.82, 2.24) is 9.97 Å². The van der Waals surface area contributed by atoms with Crippen LogP contribution < -0.4 is 9.80 Å². The molecule has 214 valence electrons. The van der Waals surface area contributed by atoms with Gasteiger partial charge in [0.1, 0.15) is 5.82 Å². The van der Waals surface area contributed by atoms with E-state index in [9.17, 15) is 9.59 Å². The number of fused-ring (bicyclic) bond motifs is 2. The van der Waals surface area contributed by atoms with E-state index in [1.807, 2.05) is 72.5 Å². The van der Waals surface area contributed by atoms with Gasteiger partial charge in [-0.05, 0) is 51.0 Å². The number of anilines is 2. The average Bonchev–Trinajstić information content (AvgIpc) is 3.40. The Kier molecular flexibility index (Phi) is 9.35. The van der Waals surface area contributed by atoms with Gasteiger partial charge in [-0.1, -0.05) is 67.3 Å². The van der Waals surface area contributed by atoms with E-state index in [2.05, 4.69) is 11.5 Å². The van der Waals surface area contributed by atoms with E-state index >= 15 is 0 Å². The molecule has 0 radical (unpaired) electrons. The molecule has 1 N–H and O–H groups in total. The van der Waals surface area contributed by atoms with Gasteiger partial charge in [0.05, 0.1) is 24.3 Å². The van der Waals surface area contributed by atoms with E-state index < -0.39 is 11.4 Å². The number of benzene rings is 2. The number of hydrogen-bond acceptors (Lipinski definition) is 6. The zero-order chi connectivity index (χ0) is 29.6. The lowest BCUT2D eigenvalue weighted by atomic mass is 9.98. The first kappa shape index (κ1) is 29.7. The number of carbonyl (C=O) groups excluding carboxylic acids is 1. The maximum atomic E-state index is 13.8. The van der Waals surface area contributed by atoms with Gasteiger partial charge < -0.3 is 14.7 Å². The maximum Gasteiger partial charge on any atom is 0.308 e. The van der Waals surface area contributed by atoms with Crippen LogP contribution in [0.25, 0.3) is 16.3 Å². The van der Waals surface area contributed by atoms with Gasteiger partial charge in [-0.25, -0.2) is 4.98 Å². The van der Waals surface area contributed by atoms with Crippen LogP contribution in [-0.2, 0) is 16.0 Å². The summed E-state index contributed by atoms with van der Waals surface area (Å²) >= 11 is 0. The predicted octanol–water partition coefficient (Wildman–Crippen LogP) is 5.93. The number of ether oxygens (including phenoxy) is 1. The minimum absolute atomic E-state index is 0.0339. The van der Waals surface area contributed by atoms with Gasteiger partial charge in [-0.15, -0.1) is 0 Å². The second-order valence-electron chi connectivity index (χ2n) is 10.9. The molecular formula is C33H38N4O4. The van der Waals surface area contributed by atoms with E-state index in [1.165, 1.54) is 0 Å². The van der Waals surface area contributed by atoms with Crippen LogP contribution in [0.1, 0.15) is 49.3 Å². The summed E-state index contributed by atoms with van der Waals surface area (Å²) in [4.78, 5) is 37.7. The molecule has 1 aromatic heterocycles. The number of aliphatic carboxylic acids is 1. The SMILES string of the molecule is C=C/C=C(\C=C\C)c1nc(N2CCOCC2)nc2c1CCN2C(=O)c1cccc2ccccc12.CC(C)(C)C(=O)O. The summed E-state index contributed by atoms with van der Waals surface area (Å²) in [7, 11) is 0. The number of allylic oxidation sites excluding steroid dienone is 5. The molecule has 41 heavy (non-hydrogen) atoms. The molecule has 0 bridgehead atoms. The first-order chi connectivity index (χ1) is 19.7. The molecule has 3 aromatic rings. The van der Waals surface area contributed by atoms with Gasteiger partial charge in [-0.3, -0.25) is 14.5 Å². The van der Waals surface area contributed by atoms with Crippen molar-refractivity contribution in [3.05, 3.63) is 90.2 Å². The molecular weight excluding hydrogens is 516 g/mol. The number of amides is 1. The van der Waals surface area contributed by atoms with Gasteiger partial charge in [0.25, 0.3) is 5.91 Å². The van der Waals surface area contributed by atoms with Gasteiger partial charge in [0.15, 0.2) is 0 Å². The molecule has 0 aliphatic carbocycles. The van der Waals surface area contributed by atoms with Crippen molar-refractivity contribution in [2.45, 2.75) is 34.1 Å². The molecule has 0 saturated carbocycles. The number of carbonyl (C=O) groups is 2. The molecule has 0 spiro atoms. The Morgan fingerprint density at radius 2 is 1.71 bits per heavy atom. The molecule has 1 saturated heterocycles. The van der Waals surface area contributed by atoms with Crippen LogP contribution in [0.15, 0.2) is 73.3 Å². The predicted molar refractivity (Wildman–Crippen MR) is 164 cm³/mol. The monoisotopic (exact) mass is 554 g/mol. The van der Waals surface area contributed by atoms with Crippen molar-refractivity contribution in [3.63, 3.8) is 0 Å². The summed E-state index contributed by atoms with van der Waals surface area (Å²) in [6.07, 6.45) is 8.46. The molecule has 1 amide bonds. The van der Waals surface area contributed by atoms with E-state index in [0.717, 1.165) is 40.7 Å². The van der Waals surface area contributed by atoms with Crippen molar-refractivity contribution in [3.8, 4) is 0 Å². The Hall–Kier alpha value is -4.30. The van der Waals surface area contributed by atoms with Crippen LogP contribution in [0.3, 0.4) is 0 Å². The zero-order valence-electron chi connectivity index (χ0n) is 24.3. The minimum atomic E-state index is -0.757.